The second-order valence-corrected chi connectivity index (χ2v) is 8.53. The number of nitriles is 1. The average molecular weight is 415 g/mol. The minimum Gasteiger partial charge on any atom is -0.356 e. The summed E-state index contributed by atoms with van der Waals surface area (Å²) in [5, 5.41) is 9.10. The number of imidazole rings is 1. The normalized spacial score (nSPS) is 19.0. The Morgan fingerprint density at radius 1 is 1.13 bits per heavy atom. The topological polar surface area (TPSA) is 88.9 Å². The quantitative estimate of drug-likeness (QED) is 0.708. The molecule has 0 spiro atoms. The maximum atomic E-state index is 12.9. The Morgan fingerprint density at radius 3 is 2.84 bits per heavy atom. The molecular formula is C24H26N6O. The maximum absolute atomic E-state index is 12.9. The molecule has 1 unspecified atom stereocenters. The molecule has 2 fully saturated rings. The highest BCUT2D eigenvalue weighted by atomic mass is 16.2. The third-order valence-corrected chi connectivity index (χ3v) is 6.32. The number of likely N-dealkylation sites (tertiary alicyclic amines) is 1. The largest absolute Gasteiger partial charge is 0.356 e. The van der Waals surface area contributed by atoms with Crippen LogP contribution in [0.3, 0.4) is 0 Å². The smallest absolute Gasteiger partial charge is 0.227 e. The summed E-state index contributed by atoms with van der Waals surface area (Å²) >= 11 is 0. The van der Waals surface area contributed by atoms with Gasteiger partial charge in [-0.15, -0.1) is 0 Å². The highest BCUT2D eigenvalue weighted by Crippen LogP contribution is 2.26. The van der Waals surface area contributed by atoms with E-state index in [-0.39, 0.29) is 5.92 Å². The molecule has 1 atom stereocenters. The number of pyridine rings is 1. The van der Waals surface area contributed by atoms with Gasteiger partial charge < -0.3 is 14.8 Å². The number of fused-ring (bicyclic) bond motifs is 1. The molecule has 31 heavy (non-hydrogen) atoms. The van der Waals surface area contributed by atoms with Crippen molar-refractivity contribution in [1.82, 2.24) is 19.9 Å². The highest BCUT2D eigenvalue weighted by Gasteiger charge is 2.31. The van der Waals surface area contributed by atoms with Gasteiger partial charge in [-0.05, 0) is 55.5 Å². The molecule has 2 saturated heterocycles. The van der Waals surface area contributed by atoms with E-state index in [1.165, 1.54) is 0 Å². The summed E-state index contributed by atoms with van der Waals surface area (Å²) in [6.07, 6.45) is 4.84. The molecule has 2 aliphatic heterocycles. The molecular weight excluding hydrogens is 388 g/mol. The van der Waals surface area contributed by atoms with Gasteiger partial charge in [0, 0.05) is 32.6 Å². The first-order chi connectivity index (χ1) is 15.2. The fourth-order valence-electron chi connectivity index (χ4n) is 4.72. The second kappa shape index (κ2) is 8.38. The van der Waals surface area contributed by atoms with Crippen LogP contribution in [0.5, 0.6) is 0 Å². The Hall–Kier alpha value is -3.40. The van der Waals surface area contributed by atoms with Crippen molar-refractivity contribution in [2.75, 3.05) is 31.1 Å². The highest BCUT2D eigenvalue weighted by molar-refractivity contribution is 5.80. The fourth-order valence-corrected chi connectivity index (χ4v) is 4.72. The van der Waals surface area contributed by atoms with Crippen molar-refractivity contribution >= 4 is 22.9 Å². The molecule has 5 rings (SSSR count). The number of anilines is 1. The first-order valence-corrected chi connectivity index (χ1v) is 11.1. The number of H-pyrrole nitrogens is 1. The van der Waals surface area contributed by atoms with Crippen LogP contribution in [0, 0.1) is 17.2 Å². The van der Waals surface area contributed by atoms with Gasteiger partial charge in [-0.3, -0.25) is 4.79 Å². The van der Waals surface area contributed by atoms with Crippen molar-refractivity contribution in [2.45, 2.75) is 32.1 Å². The van der Waals surface area contributed by atoms with Gasteiger partial charge in [0.1, 0.15) is 11.6 Å². The van der Waals surface area contributed by atoms with Gasteiger partial charge in [0.05, 0.1) is 23.1 Å². The predicted octanol–water partition coefficient (Wildman–Crippen LogP) is 3.26. The van der Waals surface area contributed by atoms with Gasteiger partial charge in [-0.25, -0.2) is 9.97 Å². The van der Waals surface area contributed by atoms with Crippen LogP contribution in [0.4, 0.5) is 5.82 Å². The van der Waals surface area contributed by atoms with E-state index in [4.69, 9.17) is 10.2 Å². The summed E-state index contributed by atoms with van der Waals surface area (Å²) < 4.78 is 0. The Morgan fingerprint density at radius 2 is 2.00 bits per heavy atom. The Bertz CT molecular complexity index is 1140. The lowest BCUT2D eigenvalue weighted by Gasteiger charge is -2.34. The van der Waals surface area contributed by atoms with Crippen LogP contribution in [-0.4, -0.2) is 51.9 Å². The summed E-state index contributed by atoms with van der Waals surface area (Å²) in [6, 6.07) is 13.8. The first kappa shape index (κ1) is 19.6. The average Bonchev–Trinajstić information content (AvgIpc) is 3.48. The van der Waals surface area contributed by atoms with Crippen molar-refractivity contribution in [1.29, 1.82) is 5.26 Å². The van der Waals surface area contributed by atoms with Gasteiger partial charge in [0.25, 0.3) is 0 Å². The molecule has 1 aromatic carbocycles. The zero-order chi connectivity index (χ0) is 21.2. The van der Waals surface area contributed by atoms with E-state index in [9.17, 15) is 4.79 Å². The number of aromatic amines is 1. The summed E-state index contributed by atoms with van der Waals surface area (Å²) in [4.78, 5) is 29.9. The number of amides is 1. The maximum Gasteiger partial charge on any atom is 0.227 e. The van der Waals surface area contributed by atoms with Gasteiger partial charge in [-0.1, -0.05) is 12.1 Å². The van der Waals surface area contributed by atoms with Crippen LogP contribution in [0.25, 0.3) is 11.2 Å². The van der Waals surface area contributed by atoms with E-state index in [0.717, 1.165) is 74.6 Å². The molecule has 0 radical (unpaired) electrons. The molecule has 0 aliphatic carbocycles. The Kier molecular flexibility index (Phi) is 5.29. The summed E-state index contributed by atoms with van der Waals surface area (Å²) in [6.45, 7) is 3.46. The van der Waals surface area contributed by atoms with Crippen molar-refractivity contribution in [3.05, 3.63) is 53.3 Å². The van der Waals surface area contributed by atoms with E-state index in [2.05, 4.69) is 20.9 Å². The molecule has 1 N–H and O–H groups in total. The molecule has 0 saturated carbocycles. The molecule has 4 heterocycles. The van der Waals surface area contributed by atoms with Crippen LogP contribution in [-0.2, 0) is 11.2 Å². The van der Waals surface area contributed by atoms with E-state index < -0.39 is 0 Å². The molecule has 7 heteroatoms. The molecule has 7 nitrogen and oxygen atoms in total. The summed E-state index contributed by atoms with van der Waals surface area (Å²) in [5.41, 5.74) is 3.28. The number of piperidine rings is 1. The van der Waals surface area contributed by atoms with E-state index in [0.29, 0.717) is 23.5 Å². The minimum atomic E-state index is 0.0616. The number of nitrogens with zero attached hydrogens (tertiary/aromatic N) is 5. The SMILES string of the molecule is N#Cc1cccc(Cc2nc3nc(N4CCCC(C(=O)N5CCCC5)C4)ccc3[nH]2)c1. The van der Waals surface area contributed by atoms with Crippen LogP contribution >= 0.6 is 0 Å². The fraction of sp³-hybridized carbons (Fsp3) is 0.417. The summed E-state index contributed by atoms with van der Waals surface area (Å²) in [7, 11) is 0. The number of carbonyl (C=O) groups excluding carboxylic acids is 1. The zero-order valence-corrected chi connectivity index (χ0v) is 17.5. The van der Waals surface area contributed by atoms with Crippen LogP contribution in [0.15, 0.2) is 36.4 Å². The van der Waals surface area contributed by atoms with Crippen LogP contribution in [0.1, 0.15) is 42.6 Å². The number of rotatable bonds is 4. The van der Waals surface area contributed by atoms with E-state index in [1.54, 1.807) is 6.07 Å². The number of carbonyl (C=O) groups is 1. The first-order valence-electron chi connectivity index (χ1n) is 11.1. The van der Waals surface area contributed by atoms with Crippen LogP contribution < -0.4 is 4.90 Å². The van der Waals surface area contributed by atoms with Crippen molar-refractivity contribution in [3.63, 3.8) is 0 Å². The number of aromatic nitrogens is 3. The third kappa shape index (κ3) is 4.11. The van der Waals surface area contributed by atoms with Crippen molar-refractivity contribution in [3.8, 4) is 6.07 Å². The Balaban J connectivity index is 1.32. The number of benzene rings is 1. The van der Waals surface area contributed by atoms with Gasteiger partial charge in [-0.2, -0.15) is 5.26 Å². The molecule has 158 valence electrons. The van der Waals surface area contributed by atoms with Gasteiger partial charge >= 0.3 is 0 Å². The molecule has 2 aromatic heterocycles. The monoisotopic (exact) mass is 414 g/mol. The van der Waals surface area contributed by atoms with Crippen molar-refractivity contribution in [2.24, 2.45) is 5.92 Å². The van der Waals surface area contributed by atoms with Crippen LogP contribution in [0.2, 0.25) is 0 Å². The molecule has 2 aliphatic rings. The van der Waals surface area contributed by atoms with Gasteiger partial charge in [0.2, 0.25) is 5.91 Å². The Labute approximate surface area is 181 Å². The van der Waals surface area contributed by atoms with E-state index in [1.807, 2.05) is 35.2 Å². The lowest BCUT2D eigenvalue weighted by atomic mass is 9.96. The third-order valence-electron chi connectivity index (χ3n) is 6.32. The standard InChI is InChI=1S/C24H26N6O/c25-15-18-6-3-5-17(13-18)14-21-26-20-8-9-22(28-23(20)27-21)30-12-4-7-19(16-30)24(31)29-10-1-2-11-29/h3,5-6,8-9,13,19H,1-2,4,7,10-12,14,16H2,(H,26,27,28). The second-order valence-electron chi connectivity index (χ2n) is 8.53. The van der Waals surface area contributed by atoms with Gasteiger partial charge in [0.15, 0.2) is 5.65 Å². The summed E-state index contributed by atoms with van der Waals surface area (Å²) in [5.74, 6) is 2.09. The number of nitrogens with one attached hydrogen (secondary N) is 1. The molecule has 1 amide bonds. The lowest BCUT2D eigenvalue weighted by Crippen LogP contribution is -2.44. The molecule has 0 bridgehead atoms. The zero-order valence-electron chi connectivity index (χ0n) is 17.5. The van der Waals surface area contributed by atoms with E-state index >= 15 is 0 Å². The predicted molar refractivity (Wildman–Crippen MR) is 119 cm³/mol. The minimum absolute atomic E-state index is 0.0616. The number of hydrogen-bond acceptors (Lipinski definition) is 5. The number of hydrogen-bond donors (Lipinski definition) is 1. The molecule has 3 aromatic rings. The lowest BCUT2D eigenvalue weighted by molar-refractivity contribution is -0.134. The van der Waals surface area contributed by atoms with Crippen molar-refractivity contribution < 1.29 is 4.79 Å².